The summed E-state index contributed by atoms with van der Waals surface area (Å²) in [6, 6.07) is 5.84. The van der Waals surface area contributed by atoms with Gasteiger partial charge in [-0.05, 0) is 33.3 Å². The van der Waals surface area contributed by atoms with Crippen molar-refractivity contribution in [1.29, 1.82) is 0 Å². The second-order valence-electron chi connectivity index (χ2n) is 4.10. The number of ether oxygens (including phenoxy) is 1. The van der Waals surface area contributed by atoms with Crippen molar-refractivity contribution in [2.75, 3.05) is 6.61 Å². The number of carbonyl (C=O) groups excluding carboxylic acids is 1. The lowest BCUT2D eigenvalue weighted by Crippen LogP contribution is -2.14. The van der Waals surface area contributed by atoms with Gasteiger partial charge in [0.2, 0.25) is 0 Å². The lowest BCUT2D eigenvalue weighted by atomic mass is 10.0. The Balaban J connectivity index is 2.74. The van der Waals surface area contributed by atoms with Crippen molar-refractivity contribution in [1.82, 2.24) is 0 Å². The molecular formula is C13H18O2. The molecule has 1 aromatic carbocycles. The van der Waals surface area contributed by atoms with Gasteiger partial charge in [0.25, 0.3) is 0 Å². The van der Waals surface area contributed by atoms with Gasteiger partial charge in [-0.3, -0.25) is 4.79 Å². The molecule has 0 heterocycles. The first-order chi connectivity index (χ1) is 7.00. The lowest BCUT2D eigenvalue weighted by Gasteiger charge is -2.08. The van der Waals surface area contributed by atoms with Gasteiger partial charge < -0.3 is 4.74 Å². The van der Waals surface area contributed by atoms with Gasteiger partial charge in [0.05, 0.1) is 6.10 Å². The van der Waals surface area contributed by atoms with Gasteiger partial charge in [0, 0.05) is 5.56 Å². The molecule has 0 fully saturated rings. The van der Waals surface area contributed by atoms with Crippen molar-refractivity contribution < 1.29 is 9.53 Å². The summed E-state index contributed by atoms with van der Waals surface area (Å²) in [5, 5.41) is 0. The van der Waals surface area contributed by atoms with E-state index in [9.17, 15) is 4.79 Å². The number of benzene rings is 1. The molecule has 0 atom stereocenters. The Bertz CT molecular complexity index is 354. The highest BCUT2D eigenvalue weighted by Crippen LogP contribution is 2.11. The van der Waals surface area contributed by atoms with E-state index in [-0.39, 0.29) is 18.5 Å². The van der Waals surface area contributed by atoms with Crippen LogP contribution in [0.5, 0.6) is 0 Å². The van der Waals surface area contributed by atoms with Gasteiger partial charge in [-0.15, -0.1) is 0 Å². The first kappa shape index (κ1) is 11.9. The van der Waals surface area contributed by atoms with Gasteiger partial charge in [-0.25, -0.2) is 0 Å². The molecule has 2 heteroatoms. The van der Waals surface area contributed by atoms with E-state index >= 15 is 0 Å². The molecule has 0 aliphatic carbocycles. The number of hydrogen-bond donors (Lipinski definition) is 0. The fraction of sp³-hybridized carbons (Fsp3) is 0.462. The SMILES string of the molecule is Cc1ccc(C(=O)COC(C)C)c(C)c1. The van der Waals surface area contributed by atoms with E-state index < -0.39 is 0 Å². The van der Waals surface area contributed by atoms with E-state index in [1.54, 1.807) is 0 Å². The molecule has 0 unspecified atom stereocenters. The smallest absolute Gasteiger partial charge is 0.188 e. The van der Waals surface area contributed by atoms with Crippen LogP contribution in [0, 0.1) is 13.8 Å². The summed E-state index contributed by atoms with van der Waals surface area (Å²) in [4.78, 5) is 11.8. The molecule has 1 aromatic rings. The minimum absolute atomic E-state index is 0.0567. The van der Waals surface area contributed by atoms with Crippen molar-refractivity contribution in [3.63, 3.8) is 0 Å². The number of carbonyl (C=O) groups is 1. The first-order valence-electron chi connectivity index (χ1n) is 5.22. The number of hydrogen-bond acceptors (Lipinski definition) is 2. The molecule has 0 aliphatic heterocycles. The van der Waals surface area contributed by atoms with Crippen LogP contribution in [0.25, 0.3) is 0 Å². The highest BCUT2D eigenvalue weighted by atomic mass is 16.5. The zero-order valence-electron chi connectivity index (χ0n) is 9.83. The average Bonchev–Trinajstić information content (AvgIpc) is 2.14. The van der Waals surface area contributed by atoms with E-state index in [4.69, 9.17) is 4.74 Å². The molecule has 82 valence electrons. The van der Waals surface area contributed by atoms with Crippen LogP contribution < -0.4 is 0 Å². The van der Waals surface area contributed by atoms with Crippen LogP contribution in [0.2, 0.25) is 0 Å². The van der Waals surface area contributed by atoms with Crippen molar-refractivity contribution in [2.45, 2.75) is 33.8 Å². The number of Topliss-reactive ketones (excluding diaryl/α,β-unsaturated/α-hetero) is 1. The predicted octanol–water partition coefficient (Wildman–Crippen LogP) is 2.91. The third-order valence-corrected chi connectivity index (χ3v) is 2.23. The fourth-order valence-electron chi connectivity index (χ4n) is 1.45. The van der Waals surface area contributed by atoms with Crippen molar-refractivity contribution in [3.05, 3.63) is 34.9 Å². The van der Waals surface area contributed by atoms with Crippen molar-refractivity contribution >= 4 is 5.78 Å². The Hall–Kier alpha value is -1.15. The molecule has 0 radical (unpaired) electrons. The summed E-state index contributed by atoms with van der Waals surface area (Å²) >= 11 is 0. The second kappa shape index (κ2) is 5.08. The van der Waals surface area contributed by atoms with Crippen LogP contribution in [0.4, 0.5) is 0 Å². The highest BCUT2D eigenvalue weighted by molar-refractivity contribution is 5.98. The van der Waals surface area contributed by atoms with Gasteiger partial charge in [-0.1, -0.05) is 23.8 Å². The average molecular weight is 206 g/mol. The van der Waals surface area contributed by atoms with Crippen molar-refractivity contribution in [2.24, 2.45) is 0 Å². The first-order valence-corrected chi connectivity index (χ1v) is 5.22. The van der Waals surface area contributed by atoms with Crippen LogP contribution in [0.15, 0.2) is 18.2 Å². The van der Waals surface area contributed by atoms with E-state index in [1.807, 2.05) is 45.9 Å². The maximum Gasteiger partial charge on any atom is 0.188 e. The van der Waals surface area contributed by atoms with E-state index in [1.165, 1.54) is 5.56 Å². The predicted molar refractivity (Wildman–Crippen MR) is 61.3 cm³/mol. The summed E-state index contributed by atoms with van der Waals surface area (Å²) in [6.45, 7) is 7.99. The van der Waals surface area contributed by atoms with Gasteiger partial charge >= 0.3 is 0 Å². The monoisotopic (exact) mass is 206 g/mol. The van der Waals surface area contributed by atoms with Crippen LogP contribution in [0.3, 0.4) is 0 Å². The molecule has 0 saturated heterocycles. The maximum absolute atomic E-state index is 11.8. The van der Waals surface area contributed by atoms with E-state index in [0.29, 0.717) is 0 Å². The quantitative estimate of drug-likeness (QED) is 0.708. The molecule has 15 heavy (non-hydrogen) atoms. The standard InChI is InChI=1S/C13H18O2/c1-9(2)15-8-13(14)12-6-5-10(3)7-11(12)4/h5-7,9H,8H2,1-4H3. The summed E-state index contributed by atoms with van der Waals surface area (Å²) in [5.41, 5.74) is 2.96. The highest BCUT2D eigenvalue weighted by Gasteiger charge is 2.09. The largest absolute Gasteiger partial charge is 0.371 e. The minimum Gasteiger partial charge on any atom is -0.371 e. The molecule has 0 aliphatic rings. The summed E-state index contributed by atoms with van der Waals surface area (Å²) in [7, 11) is 0. The number of aryl methyl sites for hydroxylation is 2. The summed E-state index contributed by atoms with van der Waals surface area (Å²) in [5.74, 6) is 0.0567. The van der Waals surface area contributed by atoms with Crippen LogP contribution in [-0.2, 0) is 4.74 Å². The molecule has 2 nitrogen and oxygen atoms in total. The van der Waals surface area contributed by atoms with Gasteiger partial charge in [0.1, 0.15) is 6.61 Å². The lowest BCUT2D eigenvalue weighted by molar-refractivity contribution is 0.0584. The Morgan fingerprint density at radius 1 is 1.33 bits per heavy atom. The summed E-state index contributed by atoms with van der Waals surface area (Å²) < 4.78 is 5.29. The number of ketones is 1. The molecule has 0 spiro atoms. The van der Waals surface area contributed by atoms with E-state index in [2.05, 4.69) is 0 Å². The Morgan fingerprint density at radius 3 is 2.53 bits per heavy atom. The van der Waals surface area contributed by atoms with Crippen LogP contribution in [0.1, 0.15) is 35.3 Å². The van der Waals surface area contributed by atoms with Crippen LogP contribution in [-0.4, -0.2) is 18.5 Å². The van der Waals surface area contributed by atoms with Gasteiger partial charge in [0.15, 0.2) is 5.78 Å². The second-order valence-corrected chi connectivity index (χ2v) is 4.10. The Kier molecular flexibility index (Phi) is 4.04. The third kappa shape index (κ3) is 3.48. The number of rotatable bonds is 4. The molecule has 1 rings (SSSR count). The fourth-order valence-corrected chi connectivity index (χ4v) is 1.45. The third-order valence-electron chi connectivity index (χ3n) is 2.23. The normalized spacial score (nSPS) is 10.7. The summed E-state index contributed by atoms with van der Waals surface area (Å²) in [6.07, 6.45) is 0.0969. The van der Waals surface area contributed by atoms with Crippen molar-refractivity contribution in [3.8, 4) is 0 Å². The molecule has 0 N–H and O–H groups in total. The van der Waals surface area contributed by atoms with Crippen LogP contribution >= 0.6 is 0 Å². The zero-order valence-corrected chi connectivity index (χ0v) is 9.83. The molecular weight excluding hydrogens is 188 g/mol. The Morgan fingerprint density at radius 2 is 2.00 bits per heavy atom. The molecule has 0 amide bonds. The zero-order chi connectivity index (χ0) is 11.4. The van der Waals surface area contributed by atoms with Gasteiger partial charge in [-0.2, -0.15) is 0 Å². The minimum atomic E-state index is 0.0567. The Labute approximate surface area is 91.3 Å². The molecule has 0 saturated carbocycles. The molecule has 0 bridgehead atoms. The molecule has 0 aromatic heterocycles. The van der Waals surface area contributed by atoms with E-state index in [0.717, 1.165) is 11.1 Å². The topological polar surface area (TPSA) is 26.3 Å². The maximum atomic E-state index is 11.8.